The van der Waals surface area contributed by atoms with Crippen LogP contribution in [0.2, 0.25) is 0 Å². The molecule has 0 aromatic rings. The van der Waals surface area contributed by atoms with E-state index in [1.807, 2.05) is 20.8 Å². The highest BCUT2D eigenvalue weighted by molar-refractivity contribution is 5.81. The minimum absolute atomic E-state index is 0.185. The Hall–Kier alpha value is -0.530. The first-order valence-electron chi connectivity index (χ1n) is 6.02. The van der Waals surface area contributed by atoms with Crippen LogP contribution in [0.15, 0.2) is 0 Å². The quantitative estimate of drug-likeness (QED) is 0.709. The van der Waals surface area contributed by atoms with Crippen LogP contribution in [0.3, 0.4) is 0 Å². The van der Waals surface area contributed by atoms with Crippen molar-refractivity contribution < 1.29 is 4.79 Å². The molecule has 0 aromatic heterocycles. The van der Waals surface area contributed by atoms with Crippen molar-refractivity contribution in [2.24, 2.45) is 10.8 Å². The first-order valence-corrected chi connectivity index (χ1v) is 6.02. The fraction of sp³-hybridized carbons (Fsp3) is 0.923. The Morgan fingerprint density at radius 3 is 2.40 bits per heavy atom. The van der Waals surface area contributed by atoms with Gasteiger partial charge in [0.1, 0.15) is 0 Å². The van der Waals surface area contributed by atoms with Gasteiger partial charge in [-0.25, -0.2) is 0 Å². The number of rotatable bonds is 1. The van der Waals surface area contributed by atoms with E-state index in [1.165, 1.54) is 12.8 Å². The molecule has 0 radical (unpaired) electrons. The van der Waals surface area contributed by atoms with Gasteiger partial charge in [0.15, 0.2) is 0 Å². The molecule has 0 aliphatic heterocycles. The minimum atomic E-state index is -0.262. The molecule has 0 saturated heterocycles. The van der Waals surface area contributed by atoms with Crippen LogP contribution in [0.5, 0.6) is 0 Å². The molecule has 15 heavy (non-hydrogen) atoms. The zero-order chi connectivity index (χ0) is 11.7. The van der Waals surface area contributed by atoms with Gasteiger partial charge in [0.25, 0.3) is 0 Å². The fourth-order valence-electron chi connectivity index (χ4n) is 2.22. The normalized spacial score (nSPS) is 26.1. The Morgan fingerprint density at radius 2 is 1.93 bits per heavy atom. The second kappa shape index (κ2) is 4.15. The maximum Gasteiger partial charge on any atom is 0.225 e. The molecule has 1 fully saturated rings. The van der Waals surface area contributed by atoms with Gasteiger partial charge in [0.2, 0.25) is 5.91 Å². The van der Waals surface area contributed by atoms with Crippen LogP contribution >= 0.6 is 0 Å². The highest BCUT2D eigenvalue weighted by Gasteiger charge is 2.31. The summed E-state index contributed by atoms with van der Waals surface area (Å²) in [5.74, 6) is 0.185. The van der Waals surface area contributed by atoms with Gasteiger partial charge >= 0.3 is 0 Å². The molecule has 1 aliphatic carbocycles. The smallest absolute Gasteiger partial charge is 0.225 e. The van der Waals surface area contributed by atoms with E-state index in [1.54, 1.807) is 0 Å². The Balaban J connectivity index is 2.49. The predicted octanol–water partition coefficient (Wildman–Crippen LogP) is 3.12. The molecule has 1 saturated carbocycles. The Bertz CT molecular complexity index is 237. The van der Waals surface area contributed by atoms with Crippen molar-refractivity contribution in [2.45, 2.75) is 66.3 Å². The SMILES string of the molecule is CC1(C)CCCC(NC(=O)C(C)(C)C)C1. The molecule has 1 amide bonds. The number of hydrogen-bond donors (Lipinski definition) is 1. The minimum Gasteiger partial charge on any atom is -0.353 e. The number of nitrogens with one attached hydrogen (secondary N) is 1. The van der Waals surface area contributed by atoms with Crippen LogP contribution < -0.4 is 5.32 Å². The van der Waals surface area contributed by atoms with Crippen LogP contribution in [0.25, 0.3) is 0 Å². The van der Waals surface area contributed by atoms with Crippen LogP contribution in [0, 0.1) is 10.8 Å². The molecular formula is C13H25NO. The lowest BCUT2D eigenvalue weighted by molar-refractivity contribution is -0.129. The van der Waals surface area contributed by atoms with E-state index in [4.69, 9.17) is 0 Å². The van der Waals surface area contributed by atoms with Crippen molar-refractivity contribution in [1.82, 2.24) is 5.32 Å². The molecule has 0 bridgehead atoms. The van der Waals surface area contributed by atoms with Crippen LogP contribution in [0.1, 0.15) is 60.3 Å². The molecule has 1 aliphatic rings. The predicted molar refractivity (Wildman–Crippen MR) is 63.6 cm³/mol. The van der Waals surface area contributed by atoms with Gasteiger partial charge in [-0.3, -0.25) is 4.79 Å². The van der Waals surface area contributed by atoms with E-state index >= 15 is 0 Å². The summed E-state index contributed by atoms with van der Waals surface area (Å²) in [5.41, 5.74) is 0.135. The first-order chi connectivity index (χ1) is 6.71. The van der Waals surface area contributed by atoms with Gasteiger partial charge in [0.05, 0.1) is 0 Å². The van der Waals surface area contributed by atoms with Crippen LogP contribution in [0.4, 0.5) is 0 Å². The second-order valence-electron chi connectivity index (χ2n) is 6.68. The standard InChI is InChI=1S/C13H25NO/c1-12(2,3)11(15)14-10-7-6-8-13(4,5)9-10/h10H,6-9H2,1-5H3,(H,14,15). The lowest BCUT2D eigenvalue weighted by Gasteiger charge is -2.36. The van der Waals surface area contributed by atoms with Crippen molar-refractivity contribution in [3.63, 3.8) is 0 Å². The molecule has 2 heteroatoms. The number of hydrogen-bond acceptors (Lipinski definition) is 1. The molecule has 1 N–H and O–H groups in total. The lowest BCUT2D eigenvalue weighted by Crippen LogP contribution is -2.45. The molecule has 1 atom stereocenters. The van der Waals surface area contributed by atoms with Crippen molar-refractivity contribution >= 4 is 5.91 Å². The maximum absolute atomic E-state index is 11.8. The van der Waals surface area contributed by atoms with Crippen molar-refractivity contribution in [3.05, 3.63) is 0 Å². The largest absolute Gasteiger partial charge is 0.353 e. The summed E-state index contributed by atoms with van der Waals surface area (Å²) in [6, 6.07) is 0.389. The summed E-state index contributed by atoms with van der Waals surface area (Å²) in [6.07, 6.45) is 4.79. The van der Waals surface area contributed by atoms with Gasteiger partial charge in [-0.15, -0.1) is 0 Å². The highest BCUT2D eigenvalue weighted by atomic mass is 16.2. The van der Waals surface area contributed by atoms with Gasteiger partial charge in [0, 0.05) is 11.5 Å². The average molecular weight is 211 g/mol. The van der Waals surface area contributed by atoms with E-state index in [0.29, 0.717) is 11.5 Å². The molecule has 1 rings (SSSR count). The fourth-order valence-corrected chi connectivity index (χ4v) is 2.22. The summed E-state index contributed by atoms with van der Waals surface area (Å²) < 4.78 is 0. The first kappa shape index (κ1) is 12.5. The van der Waals surface area contributed by atoms with Gasteiger partial charge in [-0.05, 0) is 24.7 Å². The van der Waals surface area contributed by atoms with E-state index in [9.17, 15) is 4.79 Å². The topological polar surface area (TPSA) is 29.1 Å². The third kappa shape index (κ3) is 3.84. The van der Waals surface area contributed by atoms with E-state index in [0.717, 1.165) is 12.8 Å². The summed E-state index contributed by atoms with van der Waals surface area (Å²) in [5, 5.41) is 3.18. The number of carbonyl (C=O) groups excluding carboxylic acids is 1. The second-order valence-corrected chi connectivity index (χ2v) is 6.68. The third-order valence-electron chi connectivity index (χ3n) is 3.22. The Morgan fingerprint density at radius 1 is 1.33 bits per heavy atom. The third-order valence-corrected chi connectivity index (χ3v) is 3.22. The molecule has 0 spiro atoms. The average Bonchev–Trinajstić information content (AvgIpc) is 2.00. The van der Waals surface area contributed by atoms with E-state index < -0.39 is 0 Å². The van der Waals surface area contributed by atoms with Crippen molar-refractivity contribution in [2.75, 3.05) is 0 Å². The zero-order valence-corrected chi connectivity index (χ0v) is 10.8. The summed E-state index contributed by atoms with van der Waals surface area (Å²) in [7, 11) is 0. The lowest BCUT2D eigenvalue weighted by atomic mass is 9.75. The van der Waals surface area contributed by atoms with Crippen molar-refractivity contribution in [1.29, 1.82) is 0 Å². The Kier molecular flexibility index (Phi) is 3.47. The van der Waals surface area contributed by atoms with Gasteiger partial charge < -0.3 is 5.32 Å². The molecule has 1 unspecified atom stereocenters. The zero-order valence-electron chi connectivity index (χ0n) is 10.8. The summed E-state index contributed by atoms with van der Waals surface area (Å²) in [4.78, 5) is 11.8. The molecular weight excluding hydrogens is 186 g/mol. The molecule has 88 valence electrons. The molecule has 2 nitrogen and oxygen atoms in total. The van der Waals surface area contributed by atoms with E-state index in [2.05, 4.69) is 19.2 Å². The highest BCUT2D eigenvalue weighted by Crippen LogP contribution is 2.35. The van der Waals surface area contributed by atoms with Crippen LogP contribution in [-0.4, -0.2) is 11.9 Å². The summed E-state index contributed by atoms with van der Waals surface area (Å²) >= 11 is 0. The monoisotopic (exact) mass is 211 g/mol. The van der Waals surface area contributed by atoms with Crippen molar-refractivity contribution in [3.8, 4) is 0 Å². The maximum atomic E-state index is 11.8. The van der Waals surface area contributed by atoms with E-state index in [-0.39, 0.29) is 11.3 Å². The molecule has 0 aromatic carbocycles. The number of amides is 1. The molecule has 0 heterocycles. The van der Waals surface area contributed by atoms with Gasteiger partial charge in [-0.1, -0.05) is 41.0 Å². The Labute approximate surface area is 93.8 Å². The van der Waals surface area contributed by atoms with Gasteiger partial charge in [-0.2, -0.15) is 0 Å². The number of carbonyl (C=O) groups is 1. The summed E-state index contributed by atoms with van der Waals surface area (Å²) in [6.45, 7) is 10.5. The van der Waals surface area contributed by atoms with Crippen LogP contribution in [-0.2, 0) is 4.79 Å².